The number of para-hydroxylation sites is 1. The number of aromatic nitrogens is 6. The van der Waals surface area contributed by atoms with Crippen LogP contribution in [-0.4, -0.2) is 35.5 Å². The number of carbonyl (C=O) groups is 1. The van der Waals surface area contributed by atoms with E-state index in [1.807, 2.05) is 24.3 Å². The Hall–Kier alpha value is -4.60. The number of H-pyrrole nitrogens is 1. The standard InChI is InChI=1S/C23H18N8O2/c32-22-14-6-1-2-10-18(14)31-21(28-22)15(12-25-31)23(33)30-29-19-13-7-5-9-16(13)26-20(27-19)17-8-3-4-11-24-17/h1-4,6,8,10-12H,5,7,9H2,(H,28,32)(H,30,33)(H,26,27,29). The molecule has 10 nitrogen and oxygen atoms in total. The lowest BCUT2D eigenvalue weighted by Crippen LogP contribution is -2.31. The molecule has 0 atom stereocenters. The summed E-state index contributed by atoms with van der Waals surface area (Å²) in [6.45, 7) is 0. The van der Waals surface area contributed by atoms with E-state index in [1.54, 1.807) is 28.9 Å². The van der Waals surface area contributed by atoms with Gasteiger partial charge in [-0.15, -0.1) is 0 Å². The van der Waals surface area contributed by atoms with Crippen molar-refractivity contribution < 1.29 is 4.79 Å². The van der Waals surface area contributed by atoms with Crippen LogP contribution in [0.15, 0.2) is 59.7 Å². The van der Waals surface area contributed by atoms with E-state index < -0.39 is 5.91 Å². The quantitative estimate of drug-likeness (QED) is 0.367. The molecule has 10 heteroatoms. The van der Waals surface area contributed by atoms with Crippen molar-refractivity contribution in [3.8, 4) is 11.5 Å². The van der Waals surface area contributed by atoms with Gasteiger partial charge in [-0.2, -0.15) is 5.10 Å². The highest BCUT2D eigenvalue weighted by Crippen LogP contribution is 2.28. The van der Waals surface area contributed by atoms with Crippen molar-refractivity contribution in [2.75, 3.05) is 5.43 Å². The summed E-state index contributed by atoms with van der Waals surface area (Å²) in [5.74, 6) is 0.599. The topological polar surface area (TPSA) is 130 Å². The van der Waals surface area contributed by atoms with Gasteiger partial charge in [-0.1, -0.05) is 18.2 Å². The molecule has 162 valence electrons. The third-order valence-electron chi connectivity index (χ3n) is 5.74. The monoisotopic (exact) mass is 438 g/mol. The third-order valence-corrected chi connectivity index (χ3v) is 5.74. The second kappa shape index (κ2) is 7.52. The van der Waals surface area contributed by atoms with Gasteiger partial charge in [0.2, 0.25) is 0 Å². The second-order valence-electron chi connectivity index (χ2n) is 7.76. The summed E-state index contributed by atoms with van der Waals surface area (Å²) in [6.07, 6.45) is 5.77. The fraction of sp³-hybridized carbons (Fsp3) is 0.130. The highest BCUT2D eigenvalue weighted by Gasteiger charge is 2.22. The maximum absolute atomic E-state index is 13.0. The smallest absolute Gasteiger partial charge is 0.275 e. The Morgan fingerprint density at radius 2 is 1.94 bits per heavy atom. The predicted octanol–water partition coefficient (Wildman–Crippen LogP) is 2.27. The number of pyridine rings is 1. The van der Waals surface area contributed by atoms with Crippen molar-refractivity contribution in [3.05, 3.63) is 82.0 Å². The van der Waals surface area contributed by atoms with Gasteiger partial charge < -0.3 is 4.98 Å². The van der Waals surface area contributed by atoms with Gasteiger partial charge in [0.05, 0.1) is 17.1 Å². The van der Waals surface area contributed by atoms with E-state index in [1.165, 1.54) is 6.20 Å². The summed E-state index contributed by atoms with van der Waals surface area (Å²) in [6, 6.07) is 12.7. The zero-order valence-corrected chi connectivity index (χ0v) is 17.4. The molecular weight excluding hydrogens is 420 g/mol. The number of aryl methyl sites for hydroxylation is 1. The van der Waals surface area contributed by atoms with E-state index in [0.29, 0.717) is 33.9 Å². The van der Waals surface area contributed by atoms with Crippen molar-refractivity contribution in [1.29, 1.82) is 0 Å². The average Bonchev–Trinajstić information content (AvgIpc) is 3.50. The van der Waals surface area contributed by atoms with E-state index in [2.05, 4.69) is 35.9 Å². The first-order valence-corrected chi connectivity index (χ1v) is 10.6. The summed E-state index contributed by atoms with van der Waals surface area (Å²) < 4.78 is 1.55. The number of carbonyl (C=O) groups excluding carboxylic acids is 1. The number of nitrogens with zero attached hydrogens (tertiary/aromatic N) is 5. The lowest BCUT2D eigenvalue weighted by Gasteiger charge is -2.12. The van der Waals surface area contributed by atoms with Crippen molar-refractivity contribution in [2.45, 2.75) is 19.3 Å². The molecule has 1 aromatic carbocycles. The summed E-state index contributed by atoms with van der Waals surface area (Å²) in [4.78, 5) is 41.8. The number of fused-ring (bicyclic) bond motifs is 4. The fourth-order valence-electron chi connectivity index (χ4n) is 4.17. The van der Waals surface area contributed by atoms with Crippen molar-refractivity contribution in [1.82, 2.24) is 35.0 Å². The normalized spacial score (nSPS) is 12.7. The summed E-state index contributed by atoms with van der Waals surface area (Å²) in [5, 5.41) is 4.80. The van der Waals surface area contributed by atoms with Gasteiger partial charge in [-0.3, -0.25) is 25.4 Å². The first kappa shape index (κ1) is 19.1. The number of benzene rings is 1. The molecular formula is C23H18N8O2. The molecule has 1 amide bonds. The van der Waals surface area contributed by atoms with Crippen LogP contribution in [0.25, 0.3) is 28.1 Å². The molecule has 0 saturated heterocycles. The molecule has 3 N–H and O–H groups in total. The molecule has 0 unspecified atom stereocenters. The molecule has 0 radical (unpaired) electrons. The summed E-state index contributed by atoms with van der Waals surface area (Å²) >= 11 is 0. The van der Waals surface area contributed by atoms with Crippen LogP contribution in [0.1, 0.15) is 28.0 Å². The van der Waals surface area contributed by atoms with Crippen LogP contribution in [0.5, 0.6) is 0 Å². The minimum absolute atomic E-state index is 0.237. The molecule has 0 spiro atoms. The third kappa shape index (κ3) is 3.19. The van der Waals surface area contributed by atoms with E-state index in [0.717, 1.165) is 30.5 Å². The van der Waals surface area contributed by atoms with Gasteiger partial charge in [-0.25, -0.2) is 14.5 Å². The maximum atomic E-state index is 13.0. The Balaban J connectivity index is 1.33. The van der Waals surface area contributed by atoms with Crippen molar-refractivity contribution in [3.63, 3.8) is 0 Å². The molecule has 6 rings (SSSR count). The van der Waals surface area contributed by atoms with Crippen LogP contribution in [0.4, 0.5) is 5.82 Å². The molecule has 0 bridgehead atoms. The van der Waals surface area contributed by atoms with E-state index in [9.17, 15) is 9.59 Å². The van der Waals surface area contributed by atoms with Crippen LogP contribution in [0.2, 0.25) is 0 Å². The minimum Gasteiger partial charge on any atom is -0.306 e. The fourth-order valence-corrected chi connectivity index (χ4v) is 4.17. The van der Waals surface area contributed by atoms with Crippen LogP contribution < -0.4 is 16.4 Å². The SMILES string of the molecule is O=C(NNc1nc(-c2ccccn2)nc2c1CCC2)c1cnn2c1[nH]c(=O)c1ccccc12. The predicted molar refractivity (Wildman–Crippen MR) is 122 cm³/mol. The van der Waals surface area contributed by atoms with Crippen LogP contribution in [0, 0.1) is 0 Å². The zero-order chi connectivity index (χ0) is 22.4. The Morgan fingerprint density at radius 1 is 1.06 bits per heavy atom. The maximum Gasteiger partial charge on any atom is 0.275 e. The van der Waals surface area contributed by atoms with Crippen molar-refractivity contribution in [2.24, 2.45) is 0 Å². The molecule has 33 heavy (non-hydrogen) atoms. The van der Waals surface area contributed by atoms with Crippen molar-refractivity contribution >= 4 is 28.3 Å². The van der Waals surface area contributed by atoms with Gasteiger partial charge in [0.25, 0.3) is 11.5 Å². The Morgan fingerprint density at radius 3 is 2.82 bits per heavy atom. The number of hydrogen-bond acceptors (Lipinski definition) is 7. The number of hydrazine groups is 1. The van der Waals surface area contributed by atoms with Gasteiger partial charge in [0, 0.05) is 17.5 Å². The van der Waals surface area contributed by atoms with E-state index in [-0.39, 0.29) is 11.1 Å². The highest BCUT2D eigenvalue weighted by atomic mass is 16.2. The Bertz CT molecular complexity index is 1590. The highest BCUT2D eigenvalue weighted by molar-refractivity contribution is 6.01. The number of rotatable bonds is 4. The minimum atomic E-state index is -0.444. The lowest BCUT2D eigenvalue weighted by molar-refractivity contribution is 0.0964. The van der Waals surface area contributed by atoms with Crippen LogP contribution >= 0.6 is 0 Å². The zero-order valence-electron chi connectivity index (χ0n) is 17.4. The molecule has 0 saturated carbocycles. The molecule has 4 heterocycles. The molecule has 0 fully saturated rings. The number of amides is 1. The van der Waals surface area contributed by atoms with Crippen LogP contribution in [-0.2, 0) is 12.8 Å². The Kier molecular flexibility index (Phi) is 4.35. The number of hydrogen-bond donors (Lipinski definition) is 3. The molecule has 4 aromatic heterocycles. The average molecular weight is 438 g/mol. The molecule has 5 aromatic rings. The number of aromatic amines is 1. The number of anilines is 1. The molecule has 1 aliphatic carbocycles. The number of nitrogens with one attached hydrogen (secondary N) is 3. The van der Waals surface area contributed by atoms with Gasteiger partial charge in [0.1, 0.15) is 16.9 Å². The first-order valence-electron chi connectivity index (χ1n) is 10.6. The summed E-state index contributed by atoms with van der Waals surface area (Å²) in [7, 11) is 0. The van der Waals surface area contributed by atoms with Gasteiger partial charge in [0.15, 0.2) is 11.6 Å². The first-order chi connectivity index (χ1) is 16.2. The van der Waals surface area contributed by atoms with E-state index >= 15 is 0 Å². The summed E-state index contributed by atoms with van der Waals surface area (Å²) in [5.41, 5.74) is 9.14. The molecule has 0 aliphatic heterocycles. The largest absolute Gasteiger partial charge is 0.306 e. The molecule has 1 aliphatic rings. The lowest BCUT2D eigenvalue weighted by atomic mass is 10.2. The second-order valence-corrected chi connectivity index (χ2v) is 7.76. The van der Waals surface area contributed by atoms with Gasteiger partial charge in [-0.05, 0) is 43.5 Å². The van der Waals surface area contributed by atoms with E-state index in [4.69, 9.17) is 0 Å². The Labute approximate surface area is 186 Å². The van der Waals surface area contributed by atoms with Gasteiger partial charge >= 0.3 is 0 Å². The van der Waals surface area contributed by atoms with Crippen LogP contribution in [0.3, 0.4) is 0 Å².